The average Bonchev–Trinajstić information content (AvgIpc) is 2.98. The summed E-state index contributed by atoms with van der Waals surface area (Å²) in [5, 5.41) is 10.3. The number of rotatable bonds is 6. The molecular formula is C16H19F3N4O2. The van der Waals surface area contributed by atoms with E-state index in [1.165, 1.54) is 16.8 Å². The maximum absolute atomic E-state index is 12.5. The van der Waals surface area contributed by atoms with Crippen molar-refractivity contribution in [2.45, 2.75) is 33.2 Å². The largest absolute Gasteiger partial charge is 0.443 e. The summed E-state index contributed by atoms with van der Waals surface area (Å²) in [5.41, 5.74) is 0.406. The SMILES string of the molecule is CC(C)CNC(=O)OCc1cn(Cc2ccc(C(F)(F)F)cc2)nn1. The maximum Gasteiger partial charge on any atom is 0.416 e. The fraction of sp³-hybridized carbons (Fsp3) is 0.438. The first-order chi connectivity index (χ1) is 11.7. The van der Waals surface area contributed by atoms with Gasteiger partial charge in [0.05, 0.1) is 18.3 Å². The zero-order chi connectivity index (χ0) is 18.4. The van der Waals surface area contributed by atoms with Crippen LogP contribution in [0.5, 0.6) is 0 Å². The number of halogens is 3. The van der Waals surface area contributed by atoms with E-state index in [1.807, 2.05) is 13.8 Å². The van der Waals surface area contributed by atoms with Crippen LogP contribution >= 0.6 is 0 Å². The van der Waals surface area contributed by atoms with Crippen molar-refractivity contribution >= 4 is 6.09 Å². The van der Waals surface area contributed by atoms with Gasteiger partial charge in [-0.15, -0.1) is 5.10 Å². The van der Waals surface area contributed by atoms with Gasteiger partial charge >= 0.3 is 12.3 Å². The maximum atomic E-state index is 12.5. The Morgan fingerprint density at radius 3 is 2.56 bits per heavy atom. The molecule has 0 fully saturated rings. The number of nitrogens with zero attached hydrogens (tertiary/aromatic N) is 3. The molecule has 6 nitrogen and oxygen atoms in total. The number of hydrogen-bond donors (Lipinski definition) is 1. The van der Waals surface area contributed by atoms with Gasteiger partial charge in [0.15, 0.2) is 0 Å². The lowest BCUT2D eigenvalue weighted by Gasteiger charge is -2.07. The summed E-state index contributed by atoms with van der Waals surface area (Å²) in [4.78, 5) is 11.5. The quantitative estimate of drug-likeness (QED) is 0.863. The van der Waals surface area contributed by atoms with E-state index in [9.17, 15) is 18.0 Å². The first-order valence-corrected chi connectivity index (χ1v) is 7.70. The molecule has 1 heterocycles. The molecule has 0 saturated heterocycles. The van der Waals surface area contributed by atoms with Gasteiger partial charge in [-0.1, -0.05) is 31.2 Å². The number of hydrogen-bond acceptors (Lipinski definition) is 4. The van der Waals surface area contributed by atoms with Crippen LogP contribution in [-0.4, -0.2) is 27.6 Å². The van der Waals surface area contributed by atoms with Gasteiger partial charge in [0, 0.05) is 6.54 Å². The van der Waals surface area contributed by atoms with Gasteiger partial charge < -0.3 is 10.1 Å². The number of ether oxygens (including phenoxy) is 1. The van der Waals surface area contributed by atoms with Crippen molar-refractivity contribution in [3.8, 4) is 0 Å². The molecule has 1 amide bonds. The lowest BCUT2D eigenvalue weighted by Crippen LogP contribution is -2.27. The third-order valence-electron chi connectivity index (χ3n) is 3.22. The molecule has 0 aliphatic rings. The Labute approximate surface area is 143 Å². The molecule has 0 bridgehead atoms. The molecule has 0 radical (unpaired) electrons. The van der Waals surface area contributed by atoms with Crippen LogP contribution in [-0.2, 0) is 24.1 Å². The second-order valence-corrected chi connectivity index (χ2v) is 5.95. The van der Waals surface area contributed by atoms with Crippen molar-refractivity contribution in [3.63, 3.8) is 0 Å². The van der Waals surface area contributed by atoms with Gasteiger partial charge in [-0.2, -0.15) is 13.2 Å². The molecule has 0 aliphatic carbocycles. The number of benzene rings is 1. The Bertz CT molecular complexity index is 696. The second kappa shape index (κ2) is 8.00. The molecule has 1 aromatic carbocycles. The van der Waals surface area contributed by atoms with Crippen LogP contribution in [0.15, 0.2) is 30.5 Å². The van der Waals surface area contributed by atoms with E-state index in [1.54, 1.807) is 6.20 Å². The van der Waals surface area contributed by atoms with Crippen molar-refractivity contribution in [1.29, 1.82) is 0 Å². The monoisotopic (exact) mass is 356 g/mol. The van der Waals surface area contributed by atoms with E-state index < -0.39 is 17.8 Å². The normalized spacial score (nSPS) is 11.6. The highest BCUT2D eigenvalue weighted by Crippen LogP contribution is 2.29. The van der Waals surface area contributed by atoms with Crippen molar-refractivity contribution in [1.82, 2.24) is 20.3 Å². The number of carbonyl (C=O) groups is 1. The molecule has 0 spiro atoms. The zero-order valence-electron chi connectivity index (χ0n) is 13.9. The van der Waals surface area contributed by atoms with E-state index in [2.05, 4.69) is 15.6 Å². The van der Waals surface area contributed by atoms with Crippen LogP contribution in [0.4, 0.5) is 18.0 Å². The summed E-state index contributed by atoms with van der Waals surface area (Å²) >= 11 is 0. The molecule has 2 rings (SSSR count). The first-order valence-electron chi connectivity index (χ1n) is 7.70. The Balaban J connectivity index is 1.86. The van der Waals surface area contributed by atoms with Gasteiger partial charge in [0.1, 0.15) is 12.3 Å². The minimum absolute atomic E-state index is 0.0308. The van der Waals surface area contributed by atoms with Gasteiger partial charge in [-0.05, 0) is 23.6 Å². The zero-order valence-corrected chi connectivity index (χ0v) is 13.9. The lowest BCUT2D eigenvalue weighted by molar-refractivity contribution is -0.137. The minimum atomic E-state index is -4.35. The number of carbonyl (C=O) groups excluding carboxylic acids is 1. The topological polar surface area (TPSA) is 69.0 Å². The highest BCUT2D eigenvalue weighted by Gasteiger charge is 2.29. The van der Waals surface area contributed by atoms with E-state index in [0.29, 0.717) is 23.7 Å². The standard InChI is InChI=1S/C16H19F3N4O2/c1-11(2)7-20-15(24)25-10-14-9-23(22-21-14)8-12-3-5-13(6-4-12)16(17,18)19/h3-6,9,11H,7-8,10H2,1-2H3,(H,20,24). The van der Waals surface area contributed by atoms with Gasteiger partial charge in [-0.25, -0.2) is 9.48 Å². The molecule has 0 atom stereocenters. The highest BCUT2D eigenvalue weighted by atomic mass is 19.4. The van der Waals surface area contributed by atoms with Crippen LogP contribution in [0.2, 0.25) is 0 Å². The second-order valence-electron chi connectivity index (χ2n) is 5.95. The molecular weight excluding hydrogens is 337 g/mol. The van der Waals surface area contributed by atoms with Crippen molar-refractivity contribution in [2.24, 2.45) is 5.92 Å². The number of alkyl carbamates (subject to hydrolysis) is 1. The van der Waals surface area contributed by atoms with Crippen LogP contribution in [0.1, 0.15) is 30.7 Å². The smallest absolute Gasteiger partial charge is 0.416 e. The molecule has 1 N–H and O–H groups in total. The number of nitrogens with one attached hydrogen (secondary N) is 1. The fourth-order valence-corrected chi connectivity index (χ4v) is 1.95. The summed E-state index contributed by atoms with van der Waals surface area (Å²) in [7, 11) is 0. The summed E-state index contributed by atoms with van der Waals surface area (Å²) in [6.07, 6.45) is -3.31. The van der Waals surface area contributed by atoms with E-state index in [-0.39, 0.29) is 13.2 Å². The summed E-state index contributed by atoms with van der Waals surface area (Å²) in [5.74, 6) is 0.317. The number of aromatic nitrogens is 3. The van der Waals surface area contributed by atoms with Gasteiger partial charge in [0.25, 0.3) is 0 Å². The lowest BCUT2D eigenvalue weighted by atomic mass is 10.1. The first kappa shape index (κ1) is 18.8. The minimum Gasteiger partial charge on any atom is -0.443 e. The van der Waals surface area contributed by atoms with Crippen LogP contribution in [0, 0.1) is 5.92 Å². The Morgan fingerprint density at radius 1 is 1.28 bits per heavy atom. The molecule has 9 heteroatoms. The Hall–Kier alpha value is -2.58. The van der Waals surface area contributed by atoms with Crippen LogP contribution in [0.3, 0.4) is 0 Å². The molecule has 2 aromatic rings. The molecule has 136 valence electrons. The number of alkyl halides is 3. The van der Waals surface area contributed by atoms with E-state index >= 15 is 0 Å². The van der Waals surface area contributed by atoms with Crippen molar-refractivity contribution < 1.29 is 22.7 Å². The molecule has 0 aliphatic heterocycles. The van der Waals surface area contributed by atoms with Crippen molar-refractivity contribution in [2.75, 3.05) is 6.54 Å². The highest BCUT2D eigenvalue weighted by molar-refractivity contribution is 5.67. The summed E-state index contributed by atoms with van der Waals surface area (Å²) < 4.78 is 44.0. The molecule has 0 unspecified atom stereocenters. The third-order valence-corrected chi connectivity index (χ3v) is 3.22. The average molecular weight is 356 g/mol. The van der Waals surface area contributed by atoms with Crippen molar-refractivity contribution in [3.05, 3.63) is 47.3 Å². The predicted octanol–water partition coefficient (Wildman–Crippen LogP) is 3.23. The molecule has 1 aromatic heterocycles. The Kier molecular flexibility index (Phi) is 6.00. The summed E-state index contributed by atoms with van der Waals surface area (Å²) in [6.45, 7) is 4.68. The van der Waals surface area contributed by atoms with Crippen LogP contribution in [0.25, 0.3) is 0 Å². The van der Waals surface area contributed by atoms with E-state index in [4.69, 9.17) is 4.74 Å². The fourth-order valence-electron chi connectivity index (χ4n) is 1.95. The van der Waals surface area contributed by atoms with E-state index in [0.717, 1.165) is 12.1 Å². The van der Waals surface area contributed by atoms with Crippen LogP contribution < -0.4 is 5.32 Å². The number of amides is 1. The molecule has 25 heavy (non-hydrogen) atoms. The Morgan fingerprint density at radius 2 is 1.96 bits per heavy atom. The summed E-state index contributed by atoms with van der Waals surface area (Å²) in [6, 6.07) is 4.82. The third kappa shape index (κ3) is 6.09. The van der Waals surface area contributed by atoms with Gasteiger partial charge in [0.2, 0.25) is 0 Å². The molecule has 0 saturated carbocycles. The predicted molar refractivity (Wildman–Crippen MR) is 83.6 cm³/mol. The van der Waals surface area contributed by atoms with Gasteiger partial charge in [-0.3, -0.25) is 0 Å².